The topological polar surface area (TPSA) is 92.4 Å². The number of nitrogens with one attached hydrogen (secondary N) is 1. The number of hydrogen-bond acceptors (Lipinski definition) is 4. The van der Waals surface area contributed by atoms with Gasteiger partial charge in [0.1, 0.15) is 5.75 Å². The summed E-state index contributed by atoms with van der Waals surface area (Å²) in [7, 11) is -3.51. The molecule has 0 amide bonds. The van der Waals surface area contributed by atoms with Crippen molar-refractivity contribution in [2.45, 2.75) is 18.9 Å². The molecule has 4 N–H and O–H groups in total. The average Bonchev–Trinajstić information content (AvgIpc) is 2.48. The molecule has 0 aliphatic heterocycles. The molecule has 6 heteroatoms. The van der Waals surface area contributed by atoms with Crippen molar-refractivity contribution in [1.29, 1.82) is 0 Å². The minimum atomic E-state index is -3.51. The summed E-state index contributed by atoms with van der Waals surface area (Å²) in [4.78, 5) is 0. The van der Waals surface area contributed by atoms with E-state index in [0.29, 0.717) is 12.1 Å². The van der Waals surface area contributed by atoms with Crippen LogP contribution < -0.4 is 10.5 Å². The van der Waals surface area contributed by atoms with E-state index >= 15 is 0 Å². The number of phenolic OH excluding ortho intramolecular Hbond substituents is 1. The summed E-state index contributed by atoms with van der Waals surface area (Å²) in [6, 6.07) is 15.2. The molecule has 2 aromatic rings. The van der Waals surface area contributed by atoms with Crippen molar-refractivity contribution >= 4 is 15.7 Å². The summed E-state index contributed by atoms with van der Waals surface area (Å²) in [5.74, 6) is -0.0525. The van der Waals surface area contributed by atoms with Crippen LogP contribution in [-0.4, -0.2) is 25.3 Å². The lowest BCUT2D eigenvalue weighted by molar-refractivity contribution is 0.475. The van der Waals surface area contributed by atoms with E-state index in [0.717, 1.165) is 12.0 Å². The molecule has 0 bridgehead atoms. The van der Waals surface area contributed by atoms with E-state index in [-0.39, 0.29) is 11.5 Å². The van der Waals surface area contributed by atoms with E-state index in [1.165, 1.54) is 24.3 Å². The van der Waals surface area contributed by atoms with Gasteiger partial charge in [-0.05, 0) is 42.7 Å². The Morgan fingerprint density at radius 2 is 1.68 bits per heavy atom. The summed E-state index contributed by atoms with van der Waals surface area (Å²) < 4.78 is 26.6. The van der Waals surface area contributed by atoms with Gasteiger partial charge < -0.3 is 10.8 Å². The van der Waals surface area contributed by atoms with Crippen LogP contribution in [0.3, 0.4) is 0 Å². The standard InChI is InChI=1S/C16H20N2O3S/c17-14(7-6-13-4-2-1-3-5-13)12-22(20,21)18-15-8-10-16(19)11-9-15/h1-5,8-11,14,18-19H,6-7,12,17H2. The highest BCUT2D eigenvalue weighted by Gasteiger charge is 2.16. The predicted octanol–water partition coefficient (Wildman–Crippen LogP) is 2.09. The molecule has 0 heterocycles. The maximum atomic E-state index is 12.1. The summed E-state index contributed by atoms with van der Waals surface area (Å²) >= 11 is 0. The van der Waals surface area contributed by atoms with Crippen LogP contribution in [0.2, 0.25) is 0 Å². The van der Waals surface area contributed by atoms with E-state index in [2.05, 4.69) is 4.72 Å². The molecule has 2 aromatic carbocycles. The first-order valence-corrected chi connectivity index (χ1v) is 8.69. The van der Waals surface area contributed by atoms with Crippen molar-refractivity contribution in [2.75, 3.05) is 10.5 Å². The lowest BCUT2D eigenvalue weighted by Gasteiger charge is -2.13. The first-order chi connectivity index (χ1) is 10.4. The molecule has 5 nitrogen and oxygen atoms in total. The molecule has 1 atom stereocenters. The smallest absolute Gasteiger partial charge is 0.234 e. The van der Waals surface area contributed by atoms with Crippen LogP contribution in [0.1, 0.15) is 12.0 Å². The monoisotopic (exact) mass is 320 g/mol. The van der Waals surface area contributed by atoms with Gasteiger partial charge in [0, 0.05) is 11.7 Å². The lowest BCUT2D eigenvalue weighted by atomic mass is 10.1. The second-order valence-corrected chi connectivity index (χ2v) is 6.98. The summed E-state index contributed by atoms with van der Waals surface area (Å²) in [6.45, 7) is 0. The minimum Gasteiger partial charge on any atom is -0.508 e. The fraction of sp³-hybridized carbons (Fsp3) is 0.250. The zero-order valence-corrected chi connectivity index (χ0v) is 13.0. The third kappa shape index (κ3) is 5.38. The highest BCUT2D eigenvalue weighted by molar-refractivity contribution is 7.92. The third-order valence-electron chi connectivity index (χ3n) is 3.22. The number of anilines is 1. The van der Waals surface area contributed by atoms with Gasteiger partial charge in [-0.15, -0.1) is 0 Å². The normalized spacial score (nSPS) is 12.8. The van der Waals surface area contributed by atoms with Crippen LogP contribution in [0, 0.1) is 0 Å². The van der Waals surface area contributed by atoms with Crippen LogP contribution in [0.15, 0.2) is 54.6 Å². The van der Waals surface area contributed by atoms with Gasteiger partial charge in [0.2, 0.25) is 10.0 Å². The zero-order valence-electron chi connectivity index (χ0n) is 12.1. The number of sulfonamides is 1. The Bertz CT molecular complexity index is 685. The van der Waals surface area contributed by atoms with Crippen LogP contribution >= 0.6 is 0 Å². The van der Waals surface area contributed by atoms with Crippen molar-refractivity contribution in [2.24, 2.45) is 5.73 Å². The van der Waals surface area contributed by atoms with Crippen molar-refractivity contribution in [3.8, 4) is 5.75 Å². The molecular weight excluding hydrogens is 300 g/mol. The molecule has 2 rings (SSSR count). The molecule has 0 saturated heterocycles. The second-order valence-electron chi connectivity index (χ2n) is 5.21. The highest BCUT2D eigenvalue weighted by atomic mass is 32.2. The molecule has 1 unspecified atom stereocenters. The fourth-order valence-corrected chi connectivity index (χ4v) is 3.42. The maximum absolute atomic E-state index is 12.1. The quantitative estimate of drug-likeness (QED) is 0.681. The summed E-state index contributed by atoms with van der Waals surface area (Å²) in [5.41, 5.74) is 7.48. The first kappa shape index (κ1) is 16.3. The van der Waals surface area contributed by atoms with E-state index in [1.807, 2.05) is 30.3 Å². The predicted molar refractivity (Wildman–Crippen MR) is 88.3 cm³/mol. The first-order valence-electron chi connectivity index (χ1n) is 7.04. The Morgan fingerprint density at radius 1 is 1.05 bits per heavy atom. The number of phenols is 1. The Balaban J connectivity index is 1.86. The van der Waals surface area contributed by atoms with Crippen LogP contribution in [0.5, 0.6) is 5.75 Å². The fourth-order valence-electron chi connectivity index (χ4n) is 2.11. The zero-order chi connectivity index (χ0) is 16.0. The van der Waals surface area contributed by atoms with Gasteiger partial charge in [0.05, 0.1) is 5.75 Å². The molecule has 0 aromatic heterocycles. The summed E-state index contributed by atoms with van der Waals surface area (Å²) in [5, 5.41) is 9.18. The van der Waals surface area contributed by atoms with Gasteiger partial charge in [-0.1, -0.05) is 30.3 Å². The SMILES string of the molecule is NC(CCc1ccccc1)CS(=O)(=O)Nc1ccc(O)cc1. The Hall–Kier alpha value is -2.05. The van der Waals surface area contributed by atoms with Crippen LogP contribution in [0.25, 0.3) is 0 Å². The number of benzene rings is 2. The molecule has 118 valence electrons. The van der Waals surface area contributed by atoms with Gasteiger partial charge in [-0.25, -0.2) is 8.42 Å². The molecule has 0 fully saturated rings. The Kier molecular flexibility index (Phi) is 5.41. The second kappa shape index (κ2) is 7.29. The molecule has 0 aliphatic rings. The van der Waals surface area contributed by atoms with Crippen molar-refractivity contribution in [3.05, 3.63) is 60.2 Å². The number of nitrogens with two attached hydrogens (primary N) is 1. The third-order valence-corrected chi connectivity index (χ3v) is 4.63. The average molecular weight is 320 g/mol. The van der Waals surface area contributed by atoms with Gasteiger partial charge >= 0.3 is 0 Å². The molecule has 0 spiro atoms. The minimum absolute atomic E-state index is 0.0857. The van der Waals surface area contributed by atoms with E-state index in [9.17, 15) is 13.5 Å². The number of rotatable bonds is 7. The van der Waals surface area contributed by atoms with E-state index < -0.39 is 16.1 Å². The van der Waals surface area contributed by atoms with E-state index in [1.54, 1.807) is 0 Å². The van der Waals surface area contributed by atoms with Crippen LogP contribution in [-0.2, 0) is 16.4 Å². The highest BCUT2D eigenvalue weighted by Crippen LogP contribution is 2.15. The van der Waals surface area contributed by atoms with Gasteiger partial charge in [0.25, 0.3) is 0 Å². The molecule has 0 saturated carbocycles. The van der Waals surface area contributed by atoms with Gasteiger partial charge in [-0.2, -0.15) is 0 Å². The van der Waals surface area contributed by atoms with Crippen molar-refractivity contribution in [1.82, 2.24) is 0 Å². The Morgan fingerprint density at radius 3 is 2.32 bits per heavy atom. The Labute approximate surface area is 130 Å². The van der Waals surface area contributed by atoms with Gasteiger partial charge in [-0.3, -0.25) is 4.72 Å². The van der Waals surface area contributed by atoms with Crippen molar-refractivity contribution in [3.63, 3.8) is 0 Å². The lowest BCUT2D eigenvalue weighted by Crippen LogP contribution is -2.33. The molecular formula is C16H20N2O3S. The van der Waals surface area contributed by atoms with Gasteiger partial charge in [0.15, 0.2) is 0 Å². The largest absolute Gasteiger partial charge is 0.508 e. The number of aromatic hydroxyl groups is 1. The number of hydrogen-bond donors (Lipinski definition) is 3. The summed E-state index contributed by atoms with van der Waals surface area (Å²) in [6.07, 6.45) is 1.34. The van der Waals surface area contributed by atoms with Crippen LogP contribution in [0.4, 0.5) is 5.69 Å². The maximum Gasteiger partial charge on any atom is 0.234 e. The van der Waals surface area contributed by atoms with Crippen molar-refractivity contribution < 1.29 is 13.5 Å². The van der Waals surface area contributed by atoms with E-state index in [4.69, 9.17) is 5.73 Å². The molecule has 22 heavy (non-hydrogen) atoms. The molecule has 0 aliphatic carbocycles. The number of aryl methyl sites for hydroxylation is 1. The molecule has 0 radical (unpaired) electrons.